The van der Waals surface area contributed by atoms with Crippen molar-refractivity contribution in [2.24, 2.45) is 0 Å². The molecular formula is C14H23NO3. The molecular weight excluding hydrogens is 230 g/mol. The van der Waals surface area contributed by atoms with Crippen LogP contribution < -0.4 is 5.32 Å². The molecule has 2 N–H and O–H groups in total. The number of amides is 1. The number of hydrogen-bond acceptors (Lipinski definition) is 3. The van der Waals surface area contributed by atoms with E-state index in [1.165, 1.54) is 0 Å². The summed E-state index contributed by atoms with van der Waals surface area (Å²) < 4.78 is 5.14. The Bertz CT molecular complexity index is 337. The third-order valence-corrected chi connectivity index (χ3v) is 2.06. The minimum Gasteiger partial charge on any atom is -0.444 e. The van der Waals surface area contributed by atoms with Crippen LogP contribution in [0.1, 0.15) is 27.7 Å². The number of aliphatic hydroxyl groups excluding tert-OH is 1. The van der Waals surface area contributed by atoms with Crippen molar-refractivity contribution < 1.29 is 14.6 Å². The Labute approximate surface area is 109 Å². The van der Waals surface area contributed by atoms with Gasteiger partial charge in [0.1, 0.15) is 5.60 Å². The van der Waals surface area contributed by atoms with Gasteiger partial charge in [0.25, 0.3) is 0 Å². The number of alkyl carbamates (subject to hydrolysis) is 1. The van der Waals surface area contributed by atoms with E-state index in [-0.39, 0.29) is 0 Å². The van der Waals surface area contributed by atoms with Crippen LogP contribution in [0, 0.1) is 0 Å². The molecule has 4 heteroatoms. The van der Waals surface area contributed by atoms with Gasteiger partial charge < -0.3 is 15.2 Å². The molecule has 0 aliphatic rings. The van der Waals surface area contributed by atoms with Crippen LogP contribution >= 0.6 is 0 Å². The molecule has 0 spiro atoms. The van der Waals surface area contributed by atoms with Crippen molar-refractivity contribution in [3.8, 4) is 0 Å². The van der Waals surface area contributed by atoms with Gasteiger partial charge in [0.05, 0.1) is 12.1 Å². The Balaban J connectivity index is 4.84. The van der Waals surface area contributed by atoms with E-state index in [9.17, 15) is 9.90 Å². The summed E-state index contributed by atoms with van der Waals surface area (Å²) in [4.78, 5) is 11.7. The molecule has 1 amide bonds. The van der Waals surface area contributed by atoms with E-state index in [1.807, 2.05) is 0 Å². The van der Waals surface area contributed by atoms with Crippen molar-refractivity contribution in [1.82, 2.24) is 5.32 Å². The Kier molecular flexibility index (Phi) is 6.41. The zero-order valence-electron chi connectivity index (χ0n) is 11.6. The molecule has 0 aliphatic carbocycles. The van der Waals surface area contributed by atoms with Crippen LogP contribution in [0.4, 0.5) is 4.79 Å². The predicted molar refractivity (Wildman–Crippen MR) is 73.3 cm³/mol. The van der Waals surface area contributed by atoms with Crippen molar-refractivity contribution >= 4 is 6.09 Å². The lowest BCUT2D eigenvalue weighted by Gasteiger charge is -2.25. The fourth-order valence-electron chi connectivity index (χ4n) is 1.35. The number of carbonyl (C=O) groups is 1. The Morgan fingerprint density at radius 3 is 2.28 bits per heavy atom. The van der Waals surface area contributed by atoms with E-state index in [4.69, 9.17) is 4.74 Å². The van der Waals surface area contributed by atoms with Crippen LogP contribution in [0.5, 0.6) is 0 Å². The Morgan fingerprint density at radius 1 is 1.39 bits per heavy atom. The lowest BCUT2D eigenvalue weighted by atomic mass is 10.0. The number of rotatable bonds is 5. The second-order valence-corrected chi connectivity index (χ2v) is 4.97. The Morgan fingerprint density at radius 2 is 1.94 bits per heavy atom. The molecule has 0 saturated carbocycles. The first-order chi connectivity index (χ1) is 8.21. The van der Waals surface area contributed by atoms with Crippen LogP contribution in [0.2, 0.25) is 0 Å². The van der Waals surface area contributed by atoms with Gasteiger partial charge in [-0.05, 0) is 33.3 Å². The van der Waals surface area contributed by atoms with Crippen molar-refractivity contribution in [2.45, 2.75) is 45.4 Å². The molecule has 0 aromatic carbocycles. The van der Waals surface area contributed by atoms with Crippen LogP contribution in [-0.2, 0) is 4.74 Å². The third kappa shape index (κ3) is 6.25. The summed E-state index contributed by atoms with van der Waals surface area (Å²) in [7, 11) is 0. The van der Waals surface area contributed by atoms with Gasteiger partial charge in [0, 0.05) is 0 Å². The minimum atomic E-state index is -0.762. The van der Waals surface area contributed by atoms with Crippen LogP contribution in [0.25, 0.3) is 0 Å². The quantitative estimate of drug-likeness (QED) is 0.740. The molecule has 2 unspecified atom stereocenters. The molecule has 0 bridgehead atoms. The maximum absolute atomic E-state index is 11.7. The number of aliphatic hydroxyl groups is 1. The second kappa shape index (κ2) is 7.01. The summed E-state index contributed by atoms with van der Waals surface area (Å²) in [5.74, 6) is 0. The SMILES string of the molecule is C=C/C=C(\C=C)C(NC(=O)OC(C)(C)C)C(C)O. The highest BCUT2D eigenvalue weighted by molar-refractivity contribution is 5.69. The first-order valence-corrected chi connectivity index (χ1v) is 5.84. The van der Waals surface area contributed by atoms with E-state index in [0.717, 1.165) is 0 Å². The number of nitrogens with one attached hydrogen (secondary N) is 1. The van der Waals surface area contributed by atoms with Crippen LogP contribution in [0.3, 0.4) is 0 Å². The molecule has 0 aromatic rings. The van der Waals surface area contributed by atoms with Gasteiger partial charge in [-0.3, -0.25) is 0 Å². The molecule has 4 nitrogen and oxygen atoms in total. The van der Waals surface area contributed by atoms with Crippen LogP contribution in [0.15, 0.2) is 37.0 Å². The average molecular weight is 253 g/mol. The van der Waals surface area contributed by atoms with Gasteiger partial charge in [0.15, 0.2) is 0 Å². The number of carbonyl (C=O) groups excluding carboxylic acids is 1. The fourth-order valence-corrected chi connectivity index (χ4v) is 1.35. The molecule has 0 saturated heterocycles. The highest BCUT2D eigenvalue weighted by Crippen LogP contribution is 2.11. The minimum absolute atomic E-state index is 0.574. The molecule has 0 aliphatic heterocycles. The monoisotopic (exact) mass is 253 g/mol. The van der Waals surface area contributed by atoms with Crippen LogP contribution in [-0.4, -0.2) is 28.9 Å². The third-order valence-electron chi connectivity index (χ3n) is 2.06. The van der Waals surface area contributed by atoms with Crippen molar-refractivity contribution in [2.75, 3.05) is 0 Å². The summed E-state index contributed by atoms with van der Waals surface area (Å²) in [5, 5.41) is 12.3. The highest BCUT2D eigenvalue weighted by atomic mass is 16.6. The van der Waals surface area contributed by atoms with Gasteiger partial charge in [-0.1, -0.05) is 31.4 Å². The Hall–Kier alpha value is -1.55. The van der Waals surface area contributed by atoms with E-state index >= 15 is 0 Å². The van der Waals surface area contributed by atoms with Gasteiger partial charge in [-0.2, -0.15) is 0 Å². The molecule has 102 valence electrons. The molecule has 0 aromatic heterocycles. The maximum Gasteiger partial charge on any atom is 0.408 e. The van der Waals surface area contributed by atoms with E-state index < -0.39 is 23.8 Å². The average Bonchev–Trinajstić information content (AvgIpc) is 2.20. The van der Waals surface area contributed by atoms with Gasteiger partial charge in [-0.15, -0.1) is 0 Å². The number of allylic oxidation sites excluding steroid dienone is 2. The molecule has 18 heavy (non-hydrogen) atoms. The first kappa shape index (κ1) is 16.4. The largest absolute Gasteiger partial charge is 0.444 e. The second-order valence-electron chi connectivity index (χ2n) is 4.97. The van der Waals surface area contributed by atoms with Gasteiger partial charge in [0.2, 0.25) is 0 Å². The molecule has 0 radical (unpaired) electrons. The zero-order chi connectivity index (χ0) is 14.3. The van der Waals surface area contributed by atoms with E-state index in [2.05, 4.69) is 18.5 Å². The number of ether oxygens (including phenoxy) is 1. The first-order valence-electron chi connectivity index (χ1n) is 5.84. The van der Waals surface area contributed by atoms with Crippen molar-refractivity contribution in [3.63, 3.8) is 0 Å². The standard InChI is InChI=1S/C14H23NO3/c1-7-9-11(8-2)12(10(3)16)15-13(17)18-14(4,5)6/h7-10,12,16H,1-2H2,3-6H3,(H,15,17)/b11-9+. The van der Waals surface area contributed by atoms with Gasteiger partial charge in [-0.25, -0.2) is 4.79 Å². The summed E-state index contributed by atoms with van der Waals surface area (Å²) in [5.41, 5.74) is 0.0925. The summed E-state index contributed by atoms with van der Waals surface area (Å²) in [6, 6.07) is -0.574. The predicted octanol–water partition coefficient (Wildman–Crippen LogP) is 2.56. The lowest BCUT2D eigenvalue weighted by molar-refractivity contribution is 0.0461. The van der Waals surface area contributed by atoms with E-state index in [1.54, 1.807) is 45.9 Å². The summed E-state index contributed by atoms with van der Waals surface area (Å²) in [6.45, 7) is 14.1. The highest BCUT2D eigenvalue weighted by Gasteiger charge is 2.23. The topological polar surface area (TPSA) is 58.6 Å². The maximum atomic E-state index is 11.7. The molecule has 0 heterocycles. The molecule has 2 atom stereocenters. The molecule has 0 fully saturated rings. The normalized spacial score (nSPS) is 15.5. The lowest BCUT2D eigenvalue weighted by Crippen LogP contribution is -2.45. The van der Waals surface area contributed by atoms with Crippen molar-refractivity contribution in [1.29, 1.82) is 0 Å². The summed E-state index contributed by atoms with van der Waals surface area (Å²) >= 11 is 0. The van der Waals surface area contributed by atoms with Gasteiger partial charge >= 0.3 is 6.09 Å². The van der Waals surface area contributed by atoms with Crippen molar-refractivity contribution in [3.05, 3.63) is 37.0 Å². The molecule has 0 rings (SSSR count). The summed E-state index contributed by atoms with van der Waals surface area (Å²) in [6.07, 6.45) is 3.48. The zero-order valence-corrected chi connectivity index (χ0v) is 11.6. The van der Waals surface area contributed by atoms with E-state index in [0.29, 0.717) is 5.57 Å². The fraction of sp³-hybridized carbons (Fsp3) is 0.500. The smallest absolute Gasteiger partial charge is 0.408 e. The number of hydrogen-bond donors (Lipinski definition) is 2.